The van der Waals surface area contributed by atoms with Gasteiger partial charge in [-0.25, -0.2) is 0 Å². The molecule has 0 saturated carbocycles. The van der Waals surface area contributed by atoms with Crippen molar-refractivity contribution in [3.8, 4) is 0 Å². The van der Waals surface area contributed by atoms with Crippen LogP contribution in [0, 0.1) is 10.4 Å². The van der Waals surface area contributed by atoms with Gasteiger partial charge in [0.1, 0.15) is 0 Å². The van der Waals surface area contributed by atoms with Gasteiger partial charge in [-0.15, -0.1) is 0 Å². The van der Waals surface area contributed by atoms with E-state index in [1.165, 1.54) is 0 Å². The Labute approximate surface area is 96.9 Å². The number of benzene rings is 1. The summed E-state index contributed by atoms with van der Waals surface area (Å²) in [5.41, 5.74) is 6.80. The fourth-order valence-electron chi connectivity index (χ4n) is 1.62. The number of aromatic nitrogens is 2. The highest BCUT2D eigenvalue weighted by Gasteiger charge is 2.13. The average Bonchev–Trinajstić information content (AvgIpc) is 2.31. The van der Waals surface area contributed by atoms with E-state index in [4.69, 9.17) is 10.8 Å². The molecule has 90 valence electrons. The molecule has 0 aliphatic heterocycles. The molecular formula is C10H12N4O3. The number of nitrogens with one attached hydrogen (secondary N) is 1. The summed E-state index contributed by atoms with van der Waals surface area (Å²) in [6, 6.07) is 3.33. The Bertz CT molecular complexity index is 559. The molecule has 17 heavy (non-hydrogen) atoms. The lowest BCUT2D eigenvalue weighted by atomic mass is 10.1. The molecule has 0 unspecified atom stereocenters. The number of nitrogen functional groups attached to an aromatic ring is 1. The Morgan fingerprint density at radius 2 is 1.82 bits per heavy atom. The Kier molecular flexibility index (Phi) is 2.84. The van der Waals surface area contributed by atoms with Gasteiger partial charge in [-0.1, -0.05) is 0 Å². The molecule has 0 aliphatic rings. The molecule has 0 spiro atoms. The first-order valence-corrected chi connectivity index (χ1v) is 5.03. The zero-order valence-electron chi connectivity index (χ0n) is 8.96. The van der Waals surface area contributed by atoms with Crippen LogP contribution in [0.25, 0.3) is 10.8 Å². The quantitative estimate of drug-likeness (QED) is 0.363. The van der Waals surface area contributed by atoms with Gasteiger partial charge in [-0.3, -0.25) is 0 Å². The van der Waals surface area contributed by atoms with Crippen molar-refractivity contribution in [3.05, 3.63) is 34.9 Å². The van der Waals surface area contributed by atoms with Crippen molar-refractivity contribution >= 4 is 22.1 Å². The topological polar surface area (TPSA) is 112 Å². The maximum Gasteiger partial charge on any atom is 0.263 e. The largest absolute Gasteiger partial charge is 0.561 e. The van der Waals surface area contributed by atoms with Gasteiger partial charge in [0.25, 0.3) is 12.4 Å². The van der Waals surface area contributed by atoms with Crippen LogP contribution in [0.4, 0.5) is 11.4 Å². The third-order valence-corrected chi connectivity index (χ3v) is 2.42. The normalized spacial score (nSPS) is 10.6. The highest BCUT2D eigenvalue weighted by atomic mass is 16.6. The summed E-state index contributed by atoms with van der Waals surface area (Å²) in [7, 11) is 0. The van der Waals surface area contributed by atoms with Crippen LogP contribution in [0.2, 0.25) is 0 Å². The molecule has 0 bridgehead atoms. The predicted octanol–water partition coefficient (Wildman–Crippen LogP) is -0.907. The standard InChI is InChI=1S/C10H12N4O3/c11-9-1-2-10(12-3-4-15)8-6-14(17)13(16)5-7(8)9/h1-2,5-6,12,15H,3-4,11H2. The number of aliphatic hydroxyl groups excluding tert-OH is 1. The number of fused-ring (bicyclic) bond motifs is 1. The van der Waals surface area contributed by atoms with Crippen LogP contribution in [0.1, 0.15) is 0 Å². The maximum atomic E-state index is 11.2. The Balaban J connectivity index is 2.62. The SMILES string of the molecule is Nc1ccc(NCCO)c2c[n+]([O-])[n+]([O-])cc12. The molecule has 0 saturated heterocycles. The van der Waals surface area contributed by atoms with Gasteiger partial charge in [0.2, 0.25) is 0 Å². The summed E-state index contributed by atoms with van der Waals surface area (Å²) < 4.78 is 0. The fourth-order valence-corrected chi connectivity index (χ4v) is 1.62. The van der Waals surface area contributed by atoms with Crippen LogP contribution in [0.15, 0.2) is 24.5 Å². The van der Waals surface area contributed by atoms with Crippen LogP contribution in [-0.4, -0.2) is 18.3 Å². The fraction of sp³-hybridized carbons (Fsp3) is 0.200. The Morgan fingerprint density at radius 3 is 2.47 bits per heavy atom. The van der Waals surface area contributed by atoms with Crippen LogP contribution in [0.3, 0.4) is 0 Å². The molecule has 0 radical (unpaired) electrons. The zero-order valence-corrected chi connectivity index (χ0v) is 8.96. The molecule has 0 amide bonds. The first-order valence-electron chi connectivity index (χ1n) is 5.03. The minimum atomic E-state index is -0.0301. The lowest BCUT2D eigenvalue weighted by molar-refractivity contribution is -1.19. The first-order chi connectivity index (χ1) is 8.13. The third-order valence-electron chi connectivity index (χ3n) is 2.42. The summed E-state index contributed by atoms with van der Waals surface area (Å²) in [5, 5.41) is 35.1. The van der Waals surface area contributed by atoms with E-state index in [-0.39, 0.29) is 16.3 Å². The predicted molar refractivity (Wildman–Crippen MR) is 61.9 cm³/mol. The summed E-state index contributed by atoms with van der Waals surface area (Å²) in [5.74, 6) is 0. The van der Waals surface area contributed by atoms with Crippen molar-refractivity contribution in [2.75, 3.05) is 24.2 Å². The van der Waals surface area contributed by atoms with Crippen molar-refractivity contribution in [1.82, 2.24) is 0 Å². The lowest BCUT2D eigenvalue weighted by Crippen LogP contribution is -2.60. The molecule has 0 atom stereocenters. The molecule has 2 aromatic rings. The van der Waals surface area contributed by atoms with E-state index >= 15 is 0 Å². The molecule has 0 fully saturated rings. The molecule has 1 aromatic carbocycles. The summed E-state index contributed by atoms with van der Waals surface area (Å²) in [4.78, 5) is 0.334. The molecule has 0 aliphatic carbocycles. The van der Waals surface area contributed by atoms with E-state index in [2.05, 4.69) is 5.32 Å². The van der Waals surface area contributed by atoms with E-state index in [9.17, 15) is 10.4 Å². The van der Waals surface area contributed by atoms with Gasteiger partial charge in [0.05, 0.1) is 27.1 Å². The lowest BCUT2D eigenvalue weighted by Gasteiger charge is -2.08. The van der Waals surface area contributed by atoms with Crippen molar-refractivity contribution < 1.29 is 14.8 Å². The van der Waals surface area contributed by atoms with Crippen molar-refractivity contribution in [1.29, 1.82) is 0 Å². The number of nitrogens with zero attached hydrogens (tertiary/aromatic N) is 2. The van der Waals surface area contributed by atoms with E-state index in [1.807, 2.05) is 0 Å². The average molecular weight is 236 g/mol. The van der Waals surface area contributed by atoms with E-state index in [0.29, 0.717) is 28.7 Å². The zero-order chi connectivity index (χ0) is 12.4. The second-order valence-corrected chi connectivity index (χ2v) is 3.54. The molecule has 4 N–H and O–H groups in total. The monoisotopic (exact) mass is 236 g/mol. The number of aliphatic hydroxyl groups is 1. The number of hydrogen-bond donors (Lipinski definition) is 3. The highest BCUT2D eigenvalue weighted by Crippen LogP contribution is 2.25. The molecule has 7 nitrogen and oxygen atoms in total. The second-order valence-electron chi connectivity index (χ2n) is 3.54. The van der Waals surface area contributed by atoms with Gasteiger partial charge >= 0.3 is 0 Å². The minimum absolute atomic E-state index is 0.0301. The summed E-state index contributed by atoms with van der Waals surface area (Å²) in [6.45, 7) is 0.321. The molecule has 7 heteroatoms. The summed E-state index contributed by atoms with van der Waals surface area (Å²) in [6.07, 6.45) is 2.28. The molecule has 1 heterocycles. The number of anilines is 2. The van der Waals surface area contributed by atoms with Crippen LogP contribution < -0.4 is 20.7 Å². The van der Waals surface area contributed by atoms with Crippen LogP contribution in [0.5, 0.6) is 0 Å². The molecule has 1 aromatic heterocycles. The van der Waals surface area contributed by atoms with E-state index < -0.39 is 0 Å². The number of rotatable bonds is 3. The second kappa shape index (κ2) is 4.30. The molecule has 2 rings (SSSR count). The number of hydrogen-bond acceptors (Lipinski definition) is 5. The summed E-state index contributed by atoms with van der Waals surface area (Å²) >= 11 is 0. The smallest absolute Gasteiger partial charge is 0.263 e. The Hall–Kier alpha value is -2.28. The van der Waals surface area contributed by atoms with Crippen LogP contribution in [-0.2, 0) is 0 Å². The van der Waals surface area contributed by atoms with Crippen molar-refractivity contribution in [3.63, 3.8) is 0 Å². The van der Waals surface area contributed by atoms with Gasteiger partial charge in [-0.05, 0) is 12.1 Å². The van der Waals surface area contributed by atoms with Crippen molar-refractivity contribution in [2.24, 2.45) is 0 Å². The van der Waals surface area contributed by atoms with Gasteiger partial charge in [0.15, 0.2) is 0 Å². The van der Waals surface area contributed by atoms with Crippen molar-refractivity contribution in [2.45, 2.75) is 0 Å². The maximum absolute atomic E-state index is 11.2. The van der Waals surface area contributed by atoms with Gasteiger partial charge in [0, 0.05) is 17.9 Å². The van der Waals surface area contributed by atoms with E-state index in [1.54, 1.807) is 12.1 Å². The molecular weight excluding hydrogens is 224 g/mol. The number of nitrogens with two attached hydrogens (primary N) is 1. The van der Waals surface area contributed by atoms with Crippen LogP contribution >= 0.6 is 0 Å². The minimum Gasteiger partial charge on any atom is -0.561 e. The van der Waals surface area contributed by atoms with Gasteiger partial charge in [-0.2, -0.15) is 0 Å². The van der Waals surface area contributed by atoms with E-state index in [0.717, 1.165) is 12.4 Å². The third kappa shape index (κ3) is 2.00. The Morgan fingerprint density at radius 1 is 1.18 bits per heavy atom. The van der Waals surface area contributed by atoms with Gasteiger partial charge < -0.3 is 26.6 Å². The highest BCUT2D eigenvalue weighted by molar-refractivity contribution is 5.99. The first kappa shape index (κ1) is 11.2.